The molecule has 130 valence electrons. The van der Waals surface area contributed by atoms with Crippen LogP contribution in [0.5, 0.6) is 0 Å². The lowest BCUT2D eigenvalue weighted by Crippen LogP contribution is -2.34. The maximum atomic E-state index is 12.6. The largest absolute Gasteiger partial charge is 0.335 e. The maximum Gasteiger partial charge on any atom is 0.293 e. The van der Waals surface area contributed by atoms with E-state index in [9.17, 15) is 4.79 Å². The van der Waals surface area contributed by atoms with Crippen molar-refractivity contribution in [1.29, 1.82) is 0 Å². The van der Waals surface area contributed by atoms with E-state index in [0.29, 0.717) is 34.6 Å². The van der Waals surface area contributed by atoms with E-state index >= 15 is 0 Å². The molecule has 1 aliphatic heterocycles. The van der Waals surface area contributed by atoms with Gasteiger partial charge in [-0.15, -0.1) is 17.5 Å². The number of benzene rings is 1. The number of hydrogen-bond donors (Lipinski definition) is 1. The normalized spacial score (nSPS) is 14.9. The molecule has 0 unspecified atom stereocenters. The zero-order valence-electron chi connectivity index (χ0n) is 13.1. The van der Waals surface area contributed by atoms with Gasteiger partial charge in [-0.3, -0.25) is 4.79 Å². The van der Waals surface area contributed by atoms with Gasteiger partial charge in [0.25, 0.3) is 5.91 Å². The minimum atomic E-state index is -0.168. The monoisotopic (exact) mass is 389 g/mol. The van der Waals surface area contributed by atoms with Gasteiger partial charge >= 0.3 is 0 Å². The Morgan fingerprint density at radius 3 is 2.62 bits per heavy atom. The van der Waals surface area contributed by atoms with Crippen molar-refractivity contribution < 1.29 is 4.79 Å². The first-order valence-corrected chi connectivity index (χ1v) is 8.21. The molecule has 1 N–H and O–H groups in total. The number of amides is 1. The molecule has 24 heavy (non-hydrogen) atoms. The maximum absolute atomic E-state index is 12.6. The van der Waals surface area contributed by atoms with E-state index in [2.05, 4.69) is 15.4 Å². The van der Waals surface area contributed by atoms with Crippen molar-refractivity contribution in [3.8, 4) is 5.69 Å². The summed E-state index contributed by atoms with van der Waals surface area (Å²) in [6.45, 7) is 4.82. The molecule has 1 fully saturated rings. The molecule has 9 heteroatoms. The fourth-order valence-corrected chi connectivity index (χ4v) is 3.13. The highest BCUT2D eigenvalue weighted by molar-refractivity contribution is 6.37. The molecule has 1 aromatic carbocycles. The van der Waals surface area contributed by atoms with Crippen molar-refractivity contribution in [3.05, 3.63) is 39.9 Å². The Morgan fingerprint density at radius 1 is 1.21 bits per heavy atom. The molecule has 0 atom stereocenters. The van der Waals surface area contributed by atoms with Crippen molar-refractivity contribution in [1.82, 2.24) is 25.0 Å². The number of halogens is 3. The van der Waals surface area contributed by atoms with Crippen LogP contribution in [-0.4, -0.2) is 51.8 Å². The molecule has 1 saturated heterocycles. The van der Waals surface area contributed by atoms with Crippen LogP contribution in [-0.2, 0) is 0 Å². The van der Waals surface area contributed by atoms with Crippen molar-refractivity contribution in [2.45, 2.75) is 13.3 Å². The van der Waals surface area contributed by atoms with Crippen LogP contribution in [0.15, 0.2) is 18.2 Å². The van der Waals surface area contributed by atoms with Gasteiger partial charge in [0.1, 0.15) is 11.5 Å². The summed E-state index contributed by atoms with van der Waals surface area (Å²) in [5.74, 6) is 0.565. The Labute approximate surface area is 156 Å². The second kappa shape index (κ2) is 8.16. The minimum absolute atomic E-state index is 0. The van der Waals surface area contributed by atoms with E-state index in [0.717, 1.165) is 19.5 Å². The van der Waals surface area contributed by atoms with Gasteiger partial charge in [-0.25, -0.2) is 9.67 Å². The SMILES string of the molecule is Cc1nc(C(=O)N2CCCNCC2)nn1-c1c(Cl)cccc1Cl.Cl. The smallest absolute Gasteiger partial charge is 0.293 e. The summed E-state index contributed by atoms with van der Waals surface area (Å²) in [5, 5.41) is 8.52. The zero-order chi connectivity index (χ0) is 16.4. The van der Waals surface area contributed by atoms with E-state index in [1.54, 1.807) is 30.0 Å². The Bertz CT molecular complexity index is 706. The van der Waals surface area contributed by atoms with Crippen LogP contribution in [0.3, 0.4) is 0 Å². The van der Waals surface area contributed by atoms with Gasteiger partial charge in [0.05, 0.1) is 10.0 Å². The second-order valence-corrected chi connectivity index (χ2v) is 6.17. The van der Waals surface area contributed by atoms with Crippen LogP contribution < -0.4 is 5.32 Å². The van der Waals surface area contributed by atoms with Crippen molar-refractivity contribution in [2.75, 3.05) is 26.2 Å². The molecule has 2 heterocycles. The lowest BCUT2D eigenvalue weighted by Gasteiger charge is -2.17. The van der Waals surface area contributed by atoms with Gasteiger partial charge in [-0.05, 0) is 32.0 Å². The summed E-state index contributed by atoms with van der Waals surface area (Å²) >= 11 is 12.4. The van der Waals surface area contributed by atoms with Gasteiger partial charge < -0.3 is 10.2 Å². The number of nitrogens with zero attached hydrogens (tertiary/aromatic N) is 4. The average Bonchev–Trinajstić information content (AvgIpc) is 2.75. The first-order valence-electron chi connectivity index (χ1n) is 7.46. The van der Waals surface area contributed by atoms with Crippen LogP contribution in [0.1, 0.15) is 22.9 Å². The molecule has 0 aliphatic carbocycles. The summed E-state index contributed by atoms with van der Waals surface area (Å²) in [7, 11) is 0. The highest BCUT2D eigenvalue weighted by atomic mass is 35.5. The van der Waals surface area contributed by atoms with E-state index in [1.165, 1.54) is 4.68 Å². The molecule has 0 radical (unpaired) electrons. The predicted octanol–water partition coefficient (Wildman–Crippen LogP) is 2.74. The Kier molecular flexibility index (Phi) is 6.46. The van der Waals surface area contributed by atoms with E-state index in [-0.39, 0.29) is 24.1 Å². The highest BCUT2D eigenvalue weighted by Gasteiger charge is 2.23. The standard InChI is InChI=1S/C15H17Cl2N5O.ClH/c1-10-19-14(15(23)21-8-3-6-18-7-9-21)20-22(10)13-11(16)4-2-5-12(13)17;/h2,4-5,18H,3,6-9H2,1H3;1H. The lowest BCUT2D eigenvalue weighted by atomic mass is 10.3. The molecule has 0 bridgehead atoms. The topological polar surface area (TPSA) is 63.1 Å². The third-order valence-electron chi connectivity index (χ3n) is 3.74. The predicted molar refractivity (Wildman–Crippen MR) is 96.8 cm³/mol. The lowest BCUT2D eigenvalue weighted by molar-refractivity contribution is 0.0754. The summed E-state index contributed by atoms with van der Waals surface area (Å²) < 4.78 is 1.52. The molecule has 1 aromatic heterocycles. The van der Waals surface area contributed by atoms with Crippen LogP contribution in [0.25, 0.3) is 5.69 Å². The third-order valence-corrected chi connectivity index (χ3v) is 4.35. The van der Waals surface area contributed by atoms with Gasteiger partial charge in [0.15, 0.2) is 0 Å². The summed E-state index contributed by atoms with van der Waals surface area (Å²) in [4.78, 5) is 18.7. The summed E-state index contributed by atoms with van der Waals surface area (Å²) in [6.07, 6.45) is 0.918. The Balaban J connectivity index is 0.00000208. The summed E-state index contributed by atoms with van der Waals surface area (Å²) in [6, 6.07) is 5.22. The molecule has 1 amide bonds. The minimum Gasteiger partial charge on any atom is -0.335 e. The Hall–Kier alpha value is -1.34. The van der Waals surface area contributed by atoms with Gasteiger partial charge in [-0.2, -0.15) is 0 Å². The quantitative estimate of drug-likeness (QED) is 0.856. The molecule has 6 nitrogen and oxygen atoms in total. The zero-order valence-corrected chi connectivity index (χ0v) is 15.5. The van der Waals surface area contributed by atoms with Crippen molar-refractivity contribution >= 4 is 41.5 Å². The third kappa shape index (κ3) is 3.83. The number of carbonyl (C=O) groups is 1. The van der Waals surface area contributed by atoms with Gasteiger partial charge in [0, 0.05) is 19.6 Å². The first-order chi connectivity index (χ1) is 11.1. The molecule has 0 spiro atoms. The number of carbonyl (C=O) groups excluding carboxylic acids is 1. The van der Waals surface area contributed by atoms with Crippen LogP contribution >= 0.6 is 35.6 Å². The molecular formula is C15H18Cl3N5O. The molecule has 2 aromatic rings. The van der Waals surface area contributed by atoms with E-state index in [4.69, 9.17) is 23.2 Å². The molecule has 0 saturated carbocycles. The van der Waals surface area contributed by atoms with E-state index in [1.807, 2.05) is 0 Å². The Morgan fingerprint density at radius 2 is 1.92 bits per heavy atom. The van der Waals surface area contributed by atoms with Gasteiger partial charge in [-0.1, -0.05) is 29.3 Å². The average molecular weight is 391 g/mol. The number of rotatable bonds is 2. The number of aryl methyl sites for hydroxylation is 1. The molecular weight excluding hydrogens is 373 g/mol. The van der Waals surface area contributed by atoms with Crippen LogP contribution in [0, 0.1) is 6.92 Å². The van der Waals surface area contributed by atoms with Gasteiger partial charge in [0.2, 0.25) is 5.82 Å². The number of aromatic nitrogens is 3. The number of nitrogens with one attached hydrogen (secondary N) is 1. The fourth-order valence-electron chi connectivity index (χ4n) is 2.57. The fraction of sp³-hybridized carbons (Fsp3) is 0.400. The van der Waals surface area contributed by atoms with E-state index < -0.39 is 0 Å². The van der Waals surface area contributed by atoms with Crippen molar-refractivity contribution in [3.63, 3.8) is 0 Å². The second-order valence-electron chi connectivity index (χ2n) is 5.36. The number of hydrogen-bond acceptors (Lipinski definition) is 4. The number of para-hydroxylation sites is 1. The highest BCUT2D eigenvalue weighted by Crippen LogP contribution is 2.28. The summed E-state index contributed by atoms with van der Waals surface area (Å²) in [5.41, 5.74) is 0.539. The first kappa shape index (κ1) is 19.0. The molecule has 3 rings (SSSR count). The van der Waals surface area contributed by atoms with Crippen molar-refractivity contribution in [2.24, 2.45) is 0 Å². The molecule has 1 aliphatic rings. The van der Waals surface area contributed by atoms with Crippen LogP contribution in [0.4, 0.5) is 0 Å². The van der Waals surface area contributed by atoms with Crippen LogP contribution in [0.2, 0.25) is 10.0 Å².